The van der Waals surface area contributed by atoms with E-state index in [1.54, 1.807) is 36.3 Å². The van der Waals surface area contributed by atoms with Crippen LogP contribution in [0.2, 0.25) is 0 Å². The largest absolute Gasteiger partial charge is 0.497 e. The topological polar surface area (TPSA) is 158 Å². The molecule has 1 aromatic heterocycles. The van der Waals surface area contributed by atoms with Crippen LogP contribution in [0.5, 0.6) is 5.75 Å². The number of para-hydroxylation sites is 1. The van der Waals surface area contributed by atoms with Crippen molar-refractivity contribution in [3.8, 4) is 17.9 Å². The Morgan fingerprint density at radius 1 is 1.19 bits per heavy atom. The van der Waals surface area contributed by atoms with E-state index < -0.39 is 5.92 Å². The first-order chi connectivity index (χ1) is 20.2. The number of allylic oxidation sites excluding steroid dienone is 3. The average molecular weight is 598 g/mol. The van der Waals surface area contributed by atoms with Crippen LogP contribution in [-0.4, -0.2) is 34.8 Å². The number of hydrogen-bond donors (Lipinski definition) is 2. The third-order valence-electron chi connectivity index (χ3n) is 7.04. The fourth-order valence-corrected chi connectivity index (χ4v) is 6.92. The number of ketones is 1. The molecule has 0 fully saturated rings. The Balaban J connectivity index is 1.47. The molecule has 212 valence electrons. The standard InChI is InChI=1S/C30H27N7O3S2/c1-30(2)12-22-26(23(38)13-30)25(17-8-6-9-19(11-17)40-3)20(15-32)27(33)37(22)28-35-36-29(42-28)41-16-24(39)34-21-10-5-4-7-18(21)14-31/h4-11,25H,12-13,16,33H2,1-3H3,(H,34,39). The smallest absolute Gasteiger partial charge is 0.234 e. The number of ether oxygens (including phenoxy) is 1. The SMILES string of the molecule is COc1cccc(C2C(C#N)=C(N)N(c3nnc(SCC(=O)Nc4ccccc4C#N)s3)C3=C2C(=O)CC(C)(C)C3)c1. The summed E-state index contributed by atoms with van der Waals surface area (Å²) in [6, 6.07) is 18.4. The molecule has 1 unspecified atom stereocenters. The van der Waals surface area contributed by atoms with E-state index in [4.69, 9.17) is 10.5 Å². The summed E-state index contributed by atoms with van der Waals surface area (Å²) in [6.45, 7) is 4.05. The number of Topliss-reactive ketones (excluding diaryl/α,β-unsaturated/α-hetero) is 1. The lowest BCUT2D eigenvalue weighted by atomic mass is 9.68. The minimum absolute atomic E-state index is 0.0422. The summed E-state index contributed by atoms with van der Waals surface area (Å²) in [7, 11) is 1.57. The van der Waals surface area contributed by atoms with E-state index in [9.17, 15) is 20.1 Å². The van der Waals surface area contributed by atoms with Crippen molar-refractivity contribution in [3.05, 3.63) is 82.3 Å². The molecule has 3 N–H and O–H groups in total. The predicted octanol–water partition coefficient (Wildman–Crippen LogP) is 5.09. The van der Waals surface area contributed by atoms with E-state index >= 15 is 0 Å². The van der Waals surface area contributed by atoms with E-state index in [1.807, 2.05) is 38.1 Å². The van der Waals surface area contributed by atoms with E-state index in [0.29, 0.717) is 50.6 Å². The molecule has 2 heterocycles. The zero-order chi connectivity index (χ0) is 30.0. The van der Waals surface area contributed by atoms with Gasteiger partial charge in [0.05, 0.1) is 41.7 Å². The lowest BCUT2D eigenvalue weighted by molar-refractivity contribution is -0.118. The maximum absolute atomic E-state index is 13.7. The minimum atomic E-state index is -0.637. The summed E-state index contributed by atoms with van der Waals surface area (Å²) in [5, 5.41) is 31.3. The molecule has 0 saturated heterocycles. The molecule has 12 heteroatoms. The zero-order valence-electron chi connectivity index (χ0n) is 23.2. The summed E-state index contributed by atoms with van der Waals surface area (Å²) in [5.74, 6) is -0.139. The van der Waals surface area contributed by atoms with Crippen LogP contribution in [0.15, 0.2) is 75.5 Å². The van der Waals surface area contributed by atoms with E-state index in [2.05, 4.69) is 27.7 Å². The molecule has 1 aliphatic carbocycles. The molecule has 0 saturated carbocycles. The Kier molecular flexibility index (Phi) is 8.03. The third-order valence-corrected chi connectivity index (χ3v) is 9.09. The number of nitrogens with two attached hydrogens (primary N) is 1. The molecule has 2 aliphatic rings. The monoisotopic (exact) mass is 597 g/mol. The maximum atomic E-state index is 13.7. The van der Waals surface area contributed by atoms with Crippen molar-refractivity contribution in [2.45, 2.75) is 36.9 Å². The van der Waals surface area contributed by atoms with Crippen molar-refractivity contribution in [2.24, 2.45) is 11.1 Å². The highest BCUT2D eigenvalue weighted by atomic mass is 32.2. The lowest BCUT2D eigenvalue weighted by Gasteiger charge is -2.42. The van der Waals surface area contributed by atoms with Gasteiger partial charge in [0.15, 0.2) is 10.1 Å². The normalized spacial score (nSPS) is 17.8. The number of methoxy groups -OCH3 is 1. The predicted molar refractivity (Wildman–Crippen MR) is 161 cm³/mol. The van der Waals surface area contributed by atoms with Crippen LogP contribution in [-0.2, 0) is 9.59 Å². The summed E-state index contributed by atoms with van der Waals surface area (Å²) < 4.78 is 5.92. The number of amides is 1. The lowest BCUT2D eigenvalue weighted by Crippen LogP contribution is -2.42. The number of aromatic nitrogens is 2. The molecule has 1 amide bonds. The first-order valence-electron chi connectivity index (χ1n) is 13.0. The molecule has 0 spiro atoms. The minimum Gasteiger partial charge on any atom is -0.497 e. The second-order valence-corrected chi connectivity index (χ2v) is 12.8. The Morgan fingerprint density at radius 2 is 1.98 bits per heavy atom. The fourth-order valence-electron chi connectivity index (χ4n) is 5.24. The van der Waals surface area contributed by atoms with Crippen LogP contribution in [0.3, 0.4) is 0 Å². The van der Waals surface area contributed by atoms with Crippen LogP contribution in [0.1, 0.15) is 43.7 Å². The van der Waals surface area contributed by atoms with Gasteiger partial charge >= 0.3 is 0 Å². The Hall–Kier alpha value is -4.65. The van der Waals surface area contributed by atoms with Crippen molar-refractivity contribution in [2.75, 3.05) is 23.1 Å². The summed E-state index contributed by atoms with van der Waals surface area (Å²) >= 11 is 2.41. The molecule has 3 aromatic rings. The van der Waals surface area contributed by atoms with E-state index in [-0.39, 0.29) is 34.3 Å². The number of anilines is 2. The summed E-state index contributed by atoms with van der Waals surface area (Å²) in [5.41, 5.74) is 9.37. The number of nitrogens with zero attached hydrogens (tertiary/aromatic N) is 5. The number of hydrogen-bond acceptors (Lipinski definition) is 11. The van der Waals surface area contributed by atoms with Gasteiger partial charge in [-0.05, 0) is 41.7 Å². The van der Waals surface area contributed by atoms with Crippen molar-refractivity contribution in [3.63, 3.8) is 0 Å². The molecule has 0 radical (unpaired) electrons. The zero-order valence-corrected chi connectivity index (χ0v) is 24.8. The van der Waals surface area contributed by atoms with Gasteiger partial charge in [-0.25, -0.2) is 0 Å². The highest BCUT2D eigenvalue weighted by Crippen LogP contribution is 2.51. The number of nitrogens with one attached hydrogen (secondary N) is 1. The van der Waals surface area contributed by atoms with Gasteiger partial charge in [-0.3, -0.25) is 14.5 Å². The van der Waals surface area contributed by atoms with Gasteiger partial charge in [0.25, 0.3) is 0 Å². The Labute approximate surface area is 251 Å². The van der Waals surface area contributed by atoms with Crippen molar-refractivity contribution in [1.29, 1.82) is 10.5 Å². The van der Waals surface area contributed by atoms with Crippen LogP contribution in [0, 0.1) is 28.1 Å². The van der Waals surface area contributed by atoms with Gasteiger partial charge in [0.1, 0.15) is 17.6 Å². The number of nitriles is 2. The fraction of sp³-hybridized carbons (Fsp3) is 0.267. The average Bonchev–Trinajstić information content (AvgIpc) is 3.43. The van der Waals surface area contributed by atoms with Gasteiger partial charge in [0.2, 0.25) is 11.0 Å². The first-order valence-corrected chi connectivity index (χ1v) is 14.8. The number of rotatable bonds is 7. The molecule has 5 rings (SSSR count). The molecule has 1 atom stereocenters. The van der Waals surface area contributed by atoms with Gasteiger partial charge in [-0.15, -0.1) is 10.2 Å². The number of thioether (sulfide) groups is 1. The maximum Gasteiger partial charge on any atom is 0.234 e. The molecular weight excluding hydrogens is 571 g/mol. The highest BCUT2D eigenvalue weighted by molar-refractivity contribution is 8.01. The Morgan fingerprint density at radius 3 is 2.71 bits per heavy atom. The Bertz CT molecular complexity index is 1730. The highest BCUT2D eigenvalue weighted by Gasteiger charge is 2.45. The van der Waals surface area contributed by atoms with Crippen LogP contribution in [0.4, 0.5) is 10.8 Å². The molecule has 2 aromatic carbocycles. The second-order valence-electron chi connectivity index (χ2n) is 10.6. The van der Waals surface area contributed by atoms with Gasteiger partial charge < -0.3 is 15.8 Å². The van der Waals surface area contributed by atoms with E-state index in [0.717, 1.165) is 5.56 Å². The van der Waals surface area contributed by atoms with Crippen molar-refractivity contribution < 1.29 is 14.3 Å². The summed E-state index contributed by atoms with van der Waals surface area (Å²) in [4.78, 5) is 28.0. The second kappa shape index (κ2) is 11.7. The number of carbonyl (C=O) groups excluding carboxylic acids is 2. The number of benzene rings is 2. The molecular formula is C30H27N7O3S2. The molecule has 1 aliphatic heterocycles. The quantitative estimate of drug-likeness (QED) is 0.351. The third kappa shape index (κ3) is 5.59. The van der Waals surface area contributed by atoms with Crippen LogP contribution >= 0.6 is 23.1 Å². The number of carbonyl (C=O) groups is 2. The van der Waals surface area contributed by atoms with Crippen LogP contribution < -0.4 is 20.7 Å². The summed E-state index contributed by atoms with van der Waals surface area (Å²) in [6.07, 6.45) is 0.872. The van der Waals surface area contributed by atoms with Crippen LogP contribution in [0.25, 0.3) is 0 Å². The van der Waals surface area contributed by atoms with Gasteiger partial charge in [-0.2, -0.15) is 10.5 Å². The van der Waals surface area contributed by atoms with Gasteiger partial charge in [0, 0.05) is 17.7 Å². The molecule has 10 nitrogen and oxygen atoms in total. The van der Waals surface area contributed by atoms with Gasteiger partial charge in [-0.1, -0.05) is 61.2 Å². The van der Waals surface area contributed by atoms with Crippen molar-refractivity contribution >= 4 is 45.6 Å². The molecule has 42 heavy (non-hydrogen) atoms. The van der Waals surface area contributed by atoms with Crippen molar-refractivity contribution in [1.82, 2.24) is 10.2 Å². The molecule has 0 bridgehead atoms. The van der Waals surface area contributed by atoms with E-state index in [1.165, 1.54) is 23.1 Å². The first kappa shape index (κ1) is 28.9.